The van der Waals surface area contributed by atoms with E-state index in [0.29, 0.717) is 16.9 Å². The smallest absolute Gasteiger partial charge is 0.169 e. The summed E-state index contributed by atoms with van der Waals surface area (Å²) in [6.07, 6.45) is 0.765. The van der Waals surface area contributed by atoms with E-state index >= 15 is 0 Å². The Balaban J connectivity index is 2.12. The van der Waals surface area contributed by atoms with Crippen LogP contribution in [0, 0.1) is 0 Å². The first-order chi connectivity index (χ1) is 8.10. The second-order valence-electron chi connectivity index (χ2n) is 3.97. The van der Waals surface area contributed by atoms with E-state index in [9.17, 15) is 5.11 Å². The Hall–Kier alpha value is -1.07. The molecule has 17 heavy (non-hydrogen) atoms. The standard InChI is InChI=1S/C12H15BrN2O2/c1-3-8-6-9(15(2)14-8)7-10(16)11-4-5-12(13)17-11/h4-6,10,16H,3,7H2,1-2H3. The number of nitrogens with zero attached hydrogens (tertiary/aromatic N) is 2. The first-order valence-corrected chi connectivity index (χ1v) is 6.34. The molecule has 4 nitrogen and oxygen atoms in total. The van der Waals surface area contributed by atoms with Gasteiger partial charge in [0.25, 0.3) is 0 Å². The fourth-order valence-electron chi connectivity index (χ4n) is 1.74. The summed E-state index contributed by atoms with van der Waals surface area (Å²) in [5.74, 6) is 0.566. The van der Waals surface area contributed by atoms with E-state index in [1.165, 1.54) is 0 Å². The molecular formula is C12H15BrN2O2. The van der Waals surface area contributed by atoms with E-state index in [4.69, 9.17) is 4.42 Å². The van der Waals surface area contributed by atoms with E-state index in [1.807, 2.05) is 13.1 Å². The normalized spacial score (nSPS) is 12.9. The van der Waals surface area contributed by atoms with Gasteiger partial charge in [-0.3, -0.25) is 4.68 Å². The third-order valence-corrected chi connectivity index (χ3v) is 3.14. The number of aliphatic hydroxyl groups is 1. The van der Waals surface area contributed by atoms with Crippen LogP contribution in [0.3, 0.4) is 0 Å². The van der Waals surface area contributed by atoms with Crippen molar-refractivity contribution in [3.8, 4) is 0 Å². The summed E-state index contributed by atoms with van der Waals surface area (Å²) < 4.78 is 7.76. The lowest BCUT2D eigenvalue weighted by Gasteiger charge is -2.07. The molecule has 0 radical (unpaired) electrons. The molecule has 2 aromatic heterocycles. The molecule has 0 saturated carbocycles. The van der Waals surface area contributed by atoms with Crippen LogP contribution in [0.5, 0.6) is 0 Å². The molecule has 2 rings (SSSR count). The summed E-state index contributed by atoms with van der Waals surface area (Å²) in [5.41, 5.74) is 2.04. The maximum atomic E-state index is 10.0. The van der Waals surface area contributed by atoms with E-state index < -0.39 is 6.10 Å². The van der Waals surface area contributed by atoms with Crippen molar-refractivity contribution in [1.29, 1.82) is 0 Å². The highest BCUT2D eigenvalue weighted by molar-refractivity contribution is 9.10. The third kappa shape index (κ3) is 2.79. The lowest BCUT2D eigenvalue weighted by Crippen LogP contribution is -2.05. The van der Waals surface area contributed by atoms with Crippen molar-refractivity contribution in [2.24, 2.45) is 7.05 Å². The summed E-state index contributed by atoms with van der Waals surface area (Å²) >= 11 is 3.22. The van der Waals surface area contributed by atoms with Gasteiger partial charge < -0.3 is 9.52 Å². The van der Waals surface area contributed by atoms with Crippen LogP contribution >= 0.6 is 15.9 Å². The van der Waals surface area contributed by atoms with Crippen LogP contribution in [-0.2, 0) is 19.9 Å². The minimum atomic E-state index is -0.638. The number of aromatic nitrogens is 2. The van der Waals surface area contributed by atoms with Gasteiger partial charge in [-0.15, -0.1) is 0 Å². The van der Waals surface area contributed by atoms with Crippen LogP contribution < -0.4 is 0 Å². The average Bonchev–Trinajstić information content (AvgIpc) is 2.86. The summed E-state index contributed by atoms with van der Waals surface area (Å²) in [7, 11) is 1.89. The molecule has 0 aliphatic heterocycles. The van der Waals surface area contributed by atoms with Gasteiger partial charge in [-0.1, -0.05) is 6.92 Å². The van der Waals surface area contributed by atoms with E-state index in [1.54, 1.807) is 16.8 Å². The molecule has 0 bridgehead atoms. The van der Waals surface area contributed by atoms with Gasteiger partial charge in [0.2, 0.25) is 0 Å². The Labute approximate surface area is 108 Å². The predicted octanol–water partition coefficient (Wildman–Crippen LogP) is 2.61. The Morgan fingerprint density at radius 3 is 2.82 bits per heavy atom. The number of rotatable bonds is 4. The predicted molar refractivity (Wildman–Crippen MR) is 67.7 cm³/mol. The van der Waals surface area contributed by atoms with Crippen molar-refractivity contribution in [2.45, 2.75) is 25.9 Å². The summed E-state index contributed by atoms with van der Waals surface area (Å²) in [6, 6.07) is 5.56. The average molecular weight is 299 g/mol. The van der Waals surface area contributed by atoms with Gasteiger partial charge in [0, 0.05) is 19.2 Å². The highest BCUT2D eigenvalue weighted by atomic mass is 79.9. The van der Waals surface area contributed by atoms with Gasteiger partial charge in [0.05, 0.1) is 5.69 Å². The van der Waals surface area contributed by atoms with Gasteiger partial charge in [0.15, 0.2) is 4.67 Å². The van der Waals surface area contributed by atoms with Crippen molar-refractivity contribution in [3.63, 3.8) is 0 Å². The zero-order chi connectivity index (χ0) is 12.4. The van der Waals surface area contributed by atoms with Gasteiger partial charge in [-0.05, 0) is 40.5 Å². The first kappa shape index (κ1) is 12.4. The molecule has 1 atom stereocenters. The van der Waals surface area contributed by atoms with Gasteiger partial charge in [0.1, 0.15) is 11.9 Å². The molecule has 0 amide bonds. The zero-order valence-corrected chi connectivity index (χ0v) is 11.4. The molecule has 0 fully saturated rings. The fourth-order valence-corrected chi connectivity index (χ4v) is 2.06. The lowest BCUT2D eigenvalue weighted by atomic mass is 10.1. The molecule has 5 heteroatoms. The molecule has 0 aliphatic rings. The van der Waals surface area contributed by atoms with E-state index in [2.05, 4.69) is 28.0 Å². The Morgan fingerprint density at radius 2 is 2.29 bits per heavy atom. The molecule has 0 aliphatic carbocycles. The molecule has 1 unspecified atom stereocenters. The minimum Gasteiger partial charge on any atom is -0.452 e. The third-order valence-electron chi connectivity index (χ3n) is 2.71. The van der Waals surface area contributed by atoms with E-state index in [-0.39, 0.29) is 0 Å². The Kier molecular flexibility index (Phi) is 3.69. The van der Waals surface area contributed by atoms with E-state index in [0.717, 1.165) is 17.8 Å². The zero-order valence-electron chi connectivity index (χ0n) is 9.85. The van der Waals surface area contributed by atoms with Crippen LogP contribution in [0.4, 0.5) is 0 Å². The highest BCUT2D eigenvalue weighted by Crippen LogP contribution is 2.23. The molecule has 1 N–H and O–H groups in total. The number of furan rings is 1. The number of hydrogen-bond donors (Lipinski definition) is 1. The first-order valence-electron chi connectivity index (χ1n) is 5.55. The molecule has 92 valence electrons. The quantitative estimate of drug-likeness (QED) is 0.944. The second-order valence-corrected chi connectivity index (χ2v) is 4.75. The lowest BCUT2D eigenvalue weighted by molar-refractivity contribution is 0.146. The molecule has 0 aromatic carbocycles. The highest BCUT2D eigenvalue weighted by Gasteiger charge is 2.15. The van der Waals surface area contributed by atoms with Crippen LogP contribution in [0.2, 0.25) is 0 Å². The number of aliphatic hydroxyl groups excluding tert-OH is 1. The van der Waals surface area contributed by atoms with Gasteiger partial charge >= 0.3 is 0 Å². The van der Waals surface area contributed by atoms with Crippen molar-refractivity contribution in [3.05, 3.63) is 40.0 Å². The number of hydrogen-bond acceptors (Lipinski definition) is 3. The maximum absolute atomic E-state index is 10.0. The van der Waals surface area contributed by atoms with Crippen molar-refractivity contribution >= 4 is 15.9 Å². The molecular weight excluding hydrogens is 284 g/mol. The van der Waals surface area contributed by atoms with Crippen LogP contribution in [-0.4, -0.2) is 14.9 Å². The van der Waals surface area contributed by atoms with Gasteiger partial charge in [-0.2, -0.15) is 5.10 Å². The maximum Gasteiger partial charge on any atom is 0.169 e. The molecule has 0 spiro atoms. The molecule has 2 heterocycles. The summed E-state index contributed by atoms with van der Waals surface area (Å²) in [5, 5.41) is 14.4. The van der Waals surface area contributed by atoms with Crippen molar-refractivity contribution in [2.75, 3.05) is 0 Å². The monoisotopic (exact) mass is 298 g/mol. The largest absolute Gasteiger partial charge is 0.452 e. The number of aryl methyl sites for hydroxylation is 2. The van der Waals surface area contributed by atoms with Crippen LogP contribution in [0.15, 0.2) is 27.3 Å². The Bertz CT molecular complexity index is 504. The molecule has 2 aromatic rings. The fraction of sp³-hybridized carbons (Fsp3) is 0.417. The van der Waals surface area contributed by atoms with Crippen LogP contribution in [0.25, 0.3) is 0 Å². The van der Waals surface area contributed by atoms with Crippen molar-refractivity contribution in [1.82, 2.24) is 9.78 Å². The minimum absolute atomic E-state index is 0.503. The SMILES string of the molecule is CCc1cc(CC(O)c2ccc(Br)o2)n(C)n1. The van der Waals surface area contributed by atoms with Crippen molar-refractivity contribution < 1.29 is 9.52 Å². The van der Waals surface area contributed by atoms with Gasteiger partial charge in [-0.25, -0.2) is 0 Å². The summed E-state index contributed by atoms with van der Waals surface area (Å²) in [4.78, 5) is 0. The number of halogens is 1. The Morgan fingerprint density at radius 1 is 1.53 bits per heavy atom. The van der Waals surface area contributed by atoms with Crippen LogP contribution in [0.1, 0.15) is 30.2 Å². The summed E-state index contributed by atoms with van der Waals surface area (Å²) in [6.45, 7) is 2.06. The second kappa shape index (κ2) is 5.06. The topological polar surface area (TPSA) is 51.2 Å². The molecule has 0 saturated heterocycles.